The van der Waals surface area contributed by atoms with E-state index in [2.05, 4.69) is 10.6 Å². The number of carbonyl (C=O) groups is 4. The number of carbonyl (C=O) groups excluding carboxylic acids is 4. The van der Waals surface area contributed by atoms with Gasteiger partial charge in [0.05, 0.1) is 6.42 Å². The smallest absolute Gasteiger partial charge is 0.325 e. The molecule has 1 aromatic rings. The third-order valence-corrected chi connectivity index (χ3v) is 5.47. The molecule has 2 fully saturated rings. The highest BCUT2D eigenvalue weighted by Gasteiger charge is 2.52. The van der Waals surface area contributed by atoms with E-state index in [9.17, 15) is 19.2 Å². The molecule has 0 aromatic heterocycles. The lowest BCUT2D eigenvalue weighted by Crippen LogP contribution is -2.44. The summed E-state index contributed by atoms with van der Waals surface area (Å²) in [5.74, 6) is -1.32. The number of imide groups is 1. The fourth-order valence-electron chi connectivity index (χ4n) is 3.71. The Bertz CT molecular complexity index is 807. The van der Waals surface area contributed by atoms with E-state index in [0.29, 0.717) is 30.8 Å². The molecule has 2 N–H and O–H groups in total. The molecule has 8 nitrogen and oxygen atoms in total. The Kier molecular flexibility index (Phi) is 6.74. The Morgan fingerprint density at radius 3 is 2.72 bits per heavy atom. The highest BCUT2D eigenvalue weighted by molar-refractivity contribution is 6.30. The summed E-state index contributed by atoms with van der Waals surface area (Å²) < 4.78 is 4.93. The summed E-state index contributed by atoms with van der Waals surface area (Å²) in [6.07, 6.45) is 3.52. The van der Waals surface area contributed by atoms with E-state index in [1.54, 1.807) is 6.07 Å². The van der Waals surface area contributed by atoms with Gasteiger partial charge >= 0.3 is 12.0 Å². The molecule has 0 radical (unpaired) electrons. The minimum absolute atomic E-state index is 0.0539. The third kappa shape index (κ3) is 5.26. The fourth-order valence-corrected chi connectivity index (χ4v) is 3.92. The maximum Gasteiger partial charge on any atom is 0.325 e. The van der Waals surface area contributed by atoms with Crippen LogP contribution in [-0.2, 0) is 25.5 Å². The number of urea groups is 1. The lowest BCUT2D eigenvalue weighted by molar-refractivity contribution is -0.149. The van der Waals surface area contributed by atoms with Crippen LogP contribution in [0.25, 0.3) is 0 Å². The van der Waals surface area contributed by atoms with Gasteiger partial charge in [-0.05, 0) is 37.0 Å². The third-order valence-electron chi connectivity index (χ3n) is 5.23. The van der Waals surface area contributed by atoms with Crippen LogP contribution in [0.5, 0.6) is 0 Å². The van der Waals surface area contributed by atoms with Gasteiger partial charge in [0.2, 0.25) is 0 Å². The molecule has 1 heterocycles. The summed E-state index contributed by atoms with van der Waals surface area (Å²) in [7, 11) is 0. The summed E-state index contributed by atoms with van der Waals surface area (Å²) in [4.78, 5) is 49.3. The van der Waals surface area contributed by atoms with Crippen molar-refractivity contribution in [3.63, 3.8) is 0 Å². The van der Waals surface area contributed by atoms with E-state index in [-0.39, 0.29) is 18.9 Å². The summed E-state index contributed by atoms with van der Waals surface area (Å²) in [5.41, 5.74) is 0.201. The van der Waals surface area contributed by atoms with Crippen molar-refractivity contribution in [1.29, 1.82) is 0 Å². The predicted molar refractivity (Wildman–Crippen MR) is 105 cm³/mol. The minimum atomic E-state index is -0.788. The topological polar surface area (TPSA) is 105 Å². The quantitative estimate of drug-likeness (QED) is 0.492. The highest BCUT2D eigenvalue weighted by atomic mass is 35.5. The summed E-state index contributed by atoms with van der Waals surface area (Å²) >= 11 is 5.91. The van der Waals surface area contributed by atoms with E-state index in [1.807, 2.05) is 18.2 Å². The number of esters is 1. The van der Waals surface area contributed by atoms with Crippen LogP contribution in [0.2, 0.25) is 5.02 Å². The Balaban J connectivity index is 1.34. The first-order valence-electron chi connectivity index (χ1n) is 9.70. The Hall–Kier alpha value is -2.61. The van der Waals surface area contributed by atoms with Gasteiger partial charge in [-0.1, -0.05) is 36.6 Å². The van der Waals surface area contributed by atoms with Gasteiger partial charge in [-0.25, -0.2) is 4.79 Å². The number of amides is 4. The zero-order valence-corrected chi connectivity index (χ0v) is 16.8. The normalized spacial score (nSPS) is 17.5. The molecule has 1 aromatic carbocycles. The summed E-state index contributed by atoms with van der Waals surface area (Å²) in [6.45, 7) is -0.0681. The molecule has 1 aliphatic carbocycles. The molecule has 2 aliphatic rings. The zero-order valence-electron chi connectivity index (χ0n) is 16.0. The van der Waals surface area contributed by atoms with Crippen LogP contribution < -0.4 is 10.6 Å². The van der Waals surface area contributed by atoms with Gasteiger partial charge in [-0.15, -0.1) is 0 Å². The molecule has 1 saturated heterocycles. The molecule has 1 spiro atoms. The number of hydrogen-bond donors (Lipinski definition) is 2. The van der Waals surface area contributed by atoms with Gasteiger partial charge in [0.25, 0.3) is 11.8 Å². The van der Waals surface area contributed by atoms with Crippen LogP contribution in [0.1, 0.15) is 37.7 Å². The number of nitrogens with one attached hydrogen (secondary N) is 2. The van der Waals surface area contributed by atoms with Crippen molar-refractivity contribution in [3.05, 3.63) is 34.9 Å². The lowest BCUT2D eigenvalue weighted by Gasteiger charge is -2.19. The predicted octanol–water partition coefficient (Wildman–Crippen LogP) is 1.80. The number of hydrogen-bond acceptors (Lipinski definition) is 5. The van der Waals surface area contributed by atoms with Gasteiger partial charge in [-0.3, -0.25) is 19.3 Å². The maximum atomic E-state index is 12.5. The van der Waals surface area contributed by atoms with Crippen molar-refractivity contribution >= 4 is 35.4 Å². The van der Waals surface area contributed by atoms with Gasteiger partial charge < -0.3 is 15.4 Å². The van der Waals surface area contributed by atoms with Gasteiger partial charge in [-0.2, -0.15) is 0 Å². The molecule has 1 saturated carbocycles. The molecule has 4 amide bonds. The van der Waals surface area contributed by atoms with Gasteiger partial charge in [0.15, 0.2) is 6.61 Å². The van der Waals surface area contributed by atoms with Crippen molar-refractivity contribution in [2.75, 3.05) is 19.7 Å². The van der Waals surface area contributed by atoms with Crippen LogP contribution in [0.15, 0.2) is 24.3 Å². The molecule has 3 rings (SSSR count). The zero-order chi connectivity index (χ0) is 20.9. The standard InChI is InChI=1S/C20H24ClN3O5/c21-15-5-3-4-14(12-15)6-10-22-16(25)13-29-17(26)7-11-24-18(27)20(23-19(24)28)8-1-2-9-20/h3-5,12H,1-2,6-11,13H2,(H,22,25)(H,23,28). The second-order valence-corrected chi connectivity index (χ2v) is 7.75. The molecule has 0 bridgehead atoms. The highest BCUT2D eigenvalue weighted by Crippen LogP contribution is 2.35. The average Bonchev–Trinajstić information content (AvgIpc) is 3.24. The van der Waals surface area contributed by atoms with Crippen molar-refractivity contribution < 1.29 is 23.9 Å². The SMILES string of the molecule is O=C(COC(=O)CCN1C(=O)NC2(CCCC2)C1=O)NCCc1cccc(Cl)c1. The second-order valence-electron chi connectivity index (χ2n) is 7.32. The molecule has 0 atom stereocenters. The largest absolute Gasteiger partial charge is 0.456 e. The minimum Gasteiger partial charge on any atom is -0.456 e. The molecule has 0 unspecified atom stereocenters. The molecule has 156 valence electrons. The first kappa shape index (κ1) is 21.1. The molecular weight excluding hydrogens is 398 g/mol. The van der Waals surface area contributed by atoms with Gasteiger partial charge in [0, 0.05) is 18.1 Å². The van der Waals surface area contributed by atoms with E-state index in [1.165, 1.54) is 0 Å². The molecule has 29 heavy (non-hydrogen) atoms. The number of benzene rings is 1. The first-order chi connectivity index (χ1) is 13.9. The summed E-state index contributed by atoms with van der Waals surface area (Å²) in [6, 6.07) is 6.86. The number of halogens is 1. The van der Waals surface area contributed by atoms with Gasteiger partial charge in [0.1, 0.15) is 5.54 Å². The molecule has 9 heteroatoms. The van der Waals surface area contributed by atoms with E-state index >= 15 is 0 Å². The van der Waals surface area contributed by atoms with Crippen molar-refractivity contribution in [2.24, 2.45) is 0 Å². The van der Waals surface area contributed by atoms with E-state index in [0.717, 1.165) is 23.3 Å². The Morgan fingerprint density at radius 2 is 2.00 bits per heavy atom. The monoisotopic (exact) mass is 421 g/mol. The van der Waals surface area contributed by atoms with Crippen LogP contribution >= 0.6 is 11.6 Å². The lowest BCUT2D eigenvalue weighted by atomic mass is 9.98. The van der Waals surface area contributed by atoms with Crippen molar-refractivity contribution in [2.45, 2.75) is 44.1 Å². The van der Waals surface area contributed by atoms with E-state index in [4.69, 9.17) is 16.3 Å². The molecular formula is C20H24ClN3O5. The summed E-state index contributed by atoms with van der Waals surface area (Å²) in [5, 5.41) is 6.05. The van der Waals surface area contributed by atoms with Crippen LogP contribution in [-0.4, -0.2) is 54.0 Å². The van der Waals surface area contributed by atoms with Crippen LogP contribution in [0.3, 0.4) is 0 Å². The molecule has 1 aliphatic heterocycles. The number of rotatable bonds is 8. The second kappa shape index (κ2) is 9.26. The number of nitrogens with zero attached hydrogens (tertiary/aromatic N) is 1. The average molecular weight is 422 g/mol. The van der Waals surface area contributed by atoms with Crippen molar-refractivity contribution in [3.8, 4) is 0 Å². The van der Waals surface area contributed by atoms with Crippen molar-refractivity contribution in [1.82, 2.24) is 15.5 Å². The fraction of sp³-hybridized carbons (Fsp3) is 0.500. The Labute approximate surface area is 173 Å². The Morgan fingerprint density at radius 1 is 1.24 bits per heavy atom. The van der Waals surface area contributed by atoms with Crippen LogP contribution in [0, 0.1) is 0 Å². The number of ether oxygens (including phenoxy) is 1. The van der Waals surface area contributed by atoms with E-state index < -0.39 is 30.1 Å². The first-order valence-corrected chi connectivity index (χ1v) is 10.1. The maximum absolute atomic E-state index is 12.5. The van der Waals surface area contributed by atoms with Crippen LogP contribution in [0.4, 0.5) is 4.79 Å².